The molecule has 0 aliphatic carbocycles. The molecule has 1 aromatic rings. The summed E-state index contributed by atoms with van der Waals surface area (Å²) in [7, 11) is -3.17. The van der Waals surface area contributed by atoms with Crippen LogP contribution in [0.2, 0.25) is 5.02 Å². The second-order valence-corrected chi connectivity index (χ2v) is 7.05. The van der Waals surface area contributed by atoms with Crippen LogP contribution in [0.4, 0.5) is 4.39 Å². The highest BCUT2D eigenvalue weighted by molar-refractivity contribution is 7.88. The minimum Gasteiger partial charge on any atom is -0.297 e. The van der Waals surface area contributed by atoms with Crippen molar-refractivity contribution in [2.45, 2.75) is 19.0 Å². The van der Waals surface area contributed by atoms with Crippen LogP contribution in [0, 0.1) is 5.82 Å². The number of hydrogen-bond donors (Lipinski definition) is 1. The lowest BCUT2D eigenvalue weighted by Gasteiger charge is -2.16. The fourth-order valence-corrected chi connectivity index (χ4v) is 3.19. The van der Waals surface area contributed by atoms with E-state index in [9.17, 15) is 12.8 Å². The summed E-state index contributed by atoms with van der Waals surface area (Å²) in [5, 5.41) is 0.113. The minimum absolute atomic E-state index is 0.0628. The normalized spacial score (nSPS) is 20.9. The number of hydrogen-bond acceptors (Lipinski definition) is 3. The third kappa shape index (κ3) is 4.42. The highest BCUT2D eigenvalue weighted by Crippen LogP contribution is 2.19. The average molecular weight is 307 g/mol. The first-order chi connectivity index (χ1) is 8.83. The average Bonchev–Trinajstić information content (AvgIpc) is 2.68. The van der Waals surface area contributed by atoms with Gasteiger partial charge < -0.3 is 0 Å². The van der Waals surface area contributed by atoms with Gasteiger partial charge in [0.05, 0.1) is 11.3 Å². The van der Waals surface area contributed by atoms with E-state index in [0.29, 0.717) is 13.1 Å². The zero-order valence-corrected chi connectivity index (χ0v) is 12.1. The number of rotatable bonds is 4. The van der Waals surface area contributed by atoms with Crippen molar-refractivity contribution in [2.24, 2.45) is 0 Å². The molecule has 7 heteroatoms. The predicted octanol–water partition coefficient (Wildman–Crippen LogP) is 1.60. The fourth-order valence-electron chi connectivity index (χ4n) is 2.27. The van der Waals surface area contributed by atoms with Gasteiger partial charge in [-0.2, -0.15) is 0 Å². The molecule has 0 aromatic heterocycles. The van der Waals surface area contributed by atoms with Crippen LogP contribution in [-0.2, 0) is 16.6 Å². The number of sulfonamides is 1. The zero-order chi connectivity index (χ0) is 14.0. The van der Waals surface area contributed by atoms with Gasteiger partial charge in [-0.25, -0.2) is 17.5 Å². The molecule has 0 saturated carbocycles. The smallest absolute Gasteiger partial charge is 0.208 e. The second-order valence-electron chi connectivity index (χ2n) is 4.86. The van der Waals surface area contributed by atoms with Crippen LogP contribution in [0.3, 0.4) is 0 Å². The maximum absolute atomic E-state index is 13.3. The quantitative estimate of drug-likeness (QED) is 0.919. The van der Waals surface area contributed by atoms with Crippen molar-refractivity contribution in [1.29, 1.82) is 0 Å². The summed E-state index contributed by atoms with van der Waals surface area (Å²) in [6.45, 7) is 2.02. The Labute approximate surface area is 117 Å². The molecule has 0 amide bonds. The van der Waals surface area contributed by atoms with E-state index < -0.39 is 15.8 Å². The van der Waals surface area contributed by atoms with Gasteiger partial charge in [0.2, 0.25) is 10.0 Å². The Balaban J connectivity index is 1.93. The summed E-state index contributed by atoms with van der Waals surface area (Å²) in [5.41, 5.74) is 0.835. The molecular weight excluding hydrogens is 291 g/mol. The molecule has 1 aliphatic heterocycles. The SMILES string of the molecule is CS(=O)(=O)N[C@H]1CCN(Cc2ccc(Cl)c(F)c2)C1. The molecule has 0 unspecified atom stereocenters. The standard InChI is InChI=1S/C12H16ClFN2O2S/c1-19(17,18)15-10-4-5-16(8-10)7-9-2-3-11(13)12(14)6-9/h2-3,6,10,15H,4-5,7-8H2,1H3/t10-/m0/s1. The van der Waals surface area contributed by atoms with Gasteiger partial charge in [0.1, 0.15) is 5.82 Å². The van der Waals surface area contributed by atoms with E-state index in [1.54, 1.807) is 6.07 Å². The molecule has 1 fully saturated rings. The van der Waals surface area contributed by atoms with Crippen LogP contribution in [-0.4, -0.2) is 38.7 Å². The number of likely N-dealkylation sites (tertiary alicyclic amines) is 1. The van der Waals surface area contributed by atoms with Crippen LogP contribution in [0.1, 0.15) is 12.0 Å². The van der Waals surface area contributed by atoms with Crippen molar-refractivity contribution in [3.8, 4) is 0 Å². The van der Waals surface area contributed by atoms with Crippen LogP contribution in [0.15, 0.2) is 18.2 Å². The highest BCUT2D eigenvalue weighted by Gasteiger charge is 2.24. The van der Waals surface area contributed by atoms with Gasteiger partial charge in [-0.1, -0.05) is 17.7 Å². The van der Waals surface area contributed by atoms with Gasteiger partial charge in [-0.3, -0.25) is 4.90 Å². The maximum Gasteiger partial charge on any atom is 0.208 e. The summed E-state index contributed by atoms with van der Waals surface area (Å²) in [4.78, 5) is 2.09. The Morgan fingerprint density at radius 3 is 2.89 bits per heavy atom. The van der Waals surface area contributed by atoms with E-state index in [4.69, 9.17) is 11.6 Å². The summed E-state index contributed by atoms with van der Waals surface area (Å²) in [6, 6.07) is 4.67. The number of benzene rings is 1. The molecule has 106 valence electrons. The summed E-state index contributed by atoms with van der Waals surface area (Å²) < 4.78 is 38.2. The molecule has 0 radical (unpaired) electrons. The molecule has 1 atom stereocenters. The Morgan fingerprint density at radius 2 is 2.26 bits per heavy atom. The van der Waals surface area contributed by atoms with E-state index >= 15 is 0 Å². The molecule has 4 nitrogen and oxygen atoms in total. The van der Waals surface area contributed by atoms with Crippen molar-refractivity contribution in [3.63, 3.8) is 0 Å². The largest absolute Gasteiger partial charge is 0.297 e. The van der Waals surface area contributed by atoms with E-state index in [0.717, 1.165) is 24.8 Å². The topological polar surface area (TPSA) is 49.4 Å². The van der Waals surface area contributed by atoms with Crippen molar-refractivity contribution in [3.05, 3.63) is 34.6 Å². The Morgan fingerprint density at radius 1 is 1.53 bits per heavy atom. The van der Waals surface area contributed by atoms with Gasteiger partial charge in [0, 0.05) is 25.7 Å². The van der Waals surface area contributed by atoms with Crippen LogP contribution >= 0.6 is 11.6 Å². The molecular formula is C12H16ClFN2O2S. The van der Waals surface area contributed by atoms with Crippen LogP contribution < -0.4 is 4.72 Å². The third-order valence-corrected chi connectivity index (χ3v) is 4.11. The molecule has 1 heterocycles. The second kappa shape index (κ2) is 5.75. The Bertz CT molecular complexity index is 565. The van der Waals surface area contributed by atoms with E-state index in [1.165, 1.54) is 12.1 Å². The molecule has 2 rings (SSSR count). The fraction of sp³-hybridized carbons (Fsp3) is 0.500. The molecule has 1 N–H and O–H groups in total. The van der Waals surface area contributed by atoms with Crippen molar-refractivity contribution >= 4 is 21.6 Å². The van der Waals surface area contributed by atoms with Crippen LogP contribution in [0.25, 0.3) is 0 Å². The van der Waals surface area contributed by atoms with Crippen molar-refractivity contribution in [2.75, 3.05) is 19.3 Å². The summed E-state index contributed by atoms with van der Waals surface area (Å²) in [6.07, 6.45) is 1.92. The maximum atomic E-state index is 13.3. The number of halogens is 2. The van der Waals surface area contributed by atoms with Gasteiger partial charge in [-0.15, -0.1) is 0 Å². The van der Waals surface area contributed by atoms with E-state index in [2.05, 4.69) is 9.62 Å². The van der Waals surface area contributed by atoms with Gasteiger partial charge in [0.15, 0.2) is 0 Å². The molecule has 0 spiro atoms. The lowest BCUT2D eigenvalue weighted by molar-refractivity contribution is 0.324. The lowest BCUT2D eigenvalue weighted by atomic mass is 10.2. The molecule has 0 bridgehead atoms. The number of nitrogens with zero attached hydrogens (tertiary/aromatic N) is 1. The number of nitrogens with one attached hydrogen (secondary N) is 1. The van der Waals surface area contributed by atoms with E-state index in [1.807, 2.05) is 0 Å². The Kier molecular flexibility index (Phi) is 4.45. The van der Waals surface area contributed by atoms with E-state index in [-0.39, 0.29) is 11.1 Å². The monoisotopic (exact) mass is 306 g/mol. The molecule has 1 aliphatic rings. The first-order valence-corrected chi connectivity index (χ1v) is 8.24. The molecule has 1 aromatic carbocycles. The minimum atomic E-state index is -3.17. The lowest BCUT2D eigenvalue weighted by Crippen LogP contribution is -2.36. The van der Waals surface area contributed by atoms with Gasteiger partial charge >= 0.3 is 0 Å². The Hall–Kier alpha value is -0.690. The highest BCUT2D eigenvalue weighted by atomic mass is 35.5. The summed E-state index contributed by atoms with van der Waals surface area (Å²) >= 11 is 5.63. The molecule has 1 saturated heterocycles. The van der Waals surface area contributed by atoms with Gasteiger partial charge in [0.25, 0.3) is 0 Å². The van der Waals surface area contributed by atoms with Gasteiger partial charge in [-0.05, 0) is 24.1 Å². The summed E-state index contributed by atoms with van der Waals surface area (Å²) in [5.74, 6) is -0.427. The van der Waals surface area contributed by atoms with Crippen molar-refractivity contribution in [1.82, 2.24) is 9.62 Å². The first-order valence-electron chi connectivity index (χ1n) is 5.97. The third-order valence-electron chi connectivity index (χ3n) is 3.04. The van der Waals surface area contributed by atoms with Crippen LogP contribution in [0.5, 0.6) is 0 Å². The first kappa shape index (κ1) is 14.7. The predicted molar refractivity (Wildman–Crippen MR) is 73.1 cm³/mol. The zero-order valence-electron chi connectivity index (χ0n) is 10.6. The van der Waals surface area contributed by atoms with Crippen molar-refractivity contribution < 1.29 is 12.8 Å². The molecule has 19 heavy (non-hydrogen) atoms.